The maximum absolute atomic E-state index is 13.9. The van der Waals surface area contributed by atoms with Crippen molar-refractivity contribution in [2.45, 2.75) is 78.0 Å². The second kappa shape index (κ2) is 11.8. The van der Waals surface area contributed by atoms with Gasteiger partial charge in [-0.15, -0.1) is 0 Å². The smallest absolute Gasteiger partial charge is 0.331 e. The third kappa shape index (κ3) is 6.23. The summed E-state index contributed by atoms with van der Waals surface area (Å²) >= 11 is 0. The summed E-state index contributed by atoms with van der Waals surface area (Å²) < 4.78 is 11.2. The van der Waals surface area contributed by atoms with Crippen molar-refractivity contribution in [3.63, 3.8) is 0 Å². The van der Waals surface area contributed by atoms with Gasteiger partial charge in [0.05, 0.1) is 19.1 Å². The molecule has 8 heteroatoms. The number of carbonyl (C=O) groups is 3. The predicted molar refractivity (Wildman–Crippen MR) is 152 cm³/mol. The molecule has 0 radical (unpaired) electrons. The highest BCUT2D eigenvalue weighted by Crippen LogP contribution is 2.54. The van der Waals surface area contributed by atoms with Gasteiger partial charge in [0, 0.05) is 50.7 Å². The molecule has 1 N–H and O–H groups in total. The minimum absolute atomic E-state index is 0.0765. The molecule has 2 aliphatic heterocycles. The van der Waals surface area contributed by atoms with E-state index in [2.05, 4.69) is 36.2 Å². The Bertz CT molecular complexity index is 1060. The zero-order valence-electron chi connectivity index (χ0n) is 24.7. The van der Waals surface area contributed by atoms with Gasteiger partial charge < -0.3 is 19.7 Å². The van der Waals surface area contributed by atoms with Gasteiger partial charge in [0.2, 0.25) is 11.8 Å². The van der Waals surface area contributed by atoms with E-state index in [4.69, 9.17) is 9.47 Å². The zero-order chi connectivity index (χ0) is 28.5. The van der Waals surface area contributed by atoms with E-state index in [1.54, 1.807) is 0 Å². The summed E-state index contributed by atoms with van der Waals surface area (Å²) in [6.45, 7) is 9.97. The van der Waals surface area contributed by atoms with Gasteiger partial charge in [-0.1, -0.05) is 63.4 Å². The molecule has 2 amide bonds. The fourth-order valence-electron chi connectivity index (χ4n) is 7.18. The molecule has 1 aromatic carbocycles. The Balaban J connectivity index is 1.27. The van der Waals surface area contributed by atoms with E-state index < -0.39 is 18.1 Å². The van der Waals surface area contributed by atoms with E-state index in [1.165, 1.54) is 31.9 Å². The number of benzene rings is 1. The first-order valence-electron chi connectivity index (χ1n) is 15.2. The molecule has 4 atom stereocenters. The van der Waals surface area contributed by atoms with Crippen LogP contribution < -0.4 is 5.32 Å². The van der Waals surface area contributed by atoms with Gasteiger partial charge in [-0.3, -0.25) is 14.5 Å². The minimum Gasteiger partial charge on any atom is -0.467 e. The van der Waals surface area contributed by atoms with E-state index >= 15 is 0 Å². The van der Waals surface area contributed by atoms with Crippen LogP contribution in [0.4, 0.5) is 0 Å². The van der Waals surface area contributed by atoms with Crippen molar-refractivity contribution in [3.05, 3.63) is 35.9 Å². The number of amides is 2. The first kappa shape index (κ1) is 29.1. The summed E-state index contributed by atoms with van der Waals surface area (Å²) in [4.78, 5) is 44.1. The van der Waals surface area contributed by atoms with Gasteiger partial charge in [-0.25, -0.2) is 4.79 Å². The maximum atomic E-state index is 13.9. The molecule has 220 valence electrons. The molecule has 1 spiro atoms. The maximum Gasteiger partial charge on any atom is 0.331 e. The normalized spacial score (nSPS) is 27.1. The fraction of sp³-hybridized carbons (Fsp3) is 0.719. The number of nitrogens with one attached hydrogen (secondary N) is 1. The third-order valence-electron chi connectivity index (χ3n) is 9.96. The van der Waals surface area contributed by atoms with Crippen LogP contribution in [-0.2, 0) is 30.4 Å². The summed E-state index contributed by atoms with van der Waals surface area (Å²) in [5, 5.41) is 3.03. The molecule has 1 aromatic rings. The number of hydrogen-bond acceptors (Lipinski definition) is 6. The Labute approximate surface area is 239 Å². The van der Waals surface area contributed by atoms with Gasteiger partial charge in [-0.2, -0.15) is 0 Å². The molecule has 4 aliphatic rings. The van der Waals surface area contributed by atoms with Crippen LogP contribution in [0.1, 0.15) is 64.9 Å². The van der Waals surface area contributed by atoms with Gasteiger partial charge in [0.1, 0.15) is 0 Å². The summed E-state index contributed by atoms with van der Waals surface area (Å²) in [6, 6.07) is 9.40. The van der Waals surface area contributed by atoms with Gasteiger partial charge >= 0.3 is 5.97 Å². The Morgan fingerprint density at radius 2 is 1.70 bits per heavy atom. The van der Waals surface area contributed by atoms with Crippen molar-refractivity contribution in [3.8, 4) is 0 Å². The molecular weight excluding hydrogens is 506 g/mol. The lowest BCUT2D eigenvalue weighted by Gasteiger charge is -2.51. The van der Waals surface area contributed by atoms with Crippen molar-refractivity contribution in [1.82, 2.24) is 15.1 Å². The monoisotopic (exact) mass is 553 g/mol. The Kier molecular flexibility index (Phi) is 8.58. The molecule has 5 rings (SSSR count). The number of carbonyl (C=O) groups excluding carboxylic acids is 3. The average Bonchev–Trinajstić information content (AvgIpc) is 3.41. The van der Waals surface area contributed by atoms with Gasteiger partial charge in [0.25, 0.3) is 0 Å². The highest BCUT2D eigenvalue weighted by Gasteiger charge is 2.61. The molecular formula is C32H47N3O5. The van der Waals surface area contributed by atoms with Crippen molar-refractivity contribution in [2.24, 2.45) is 28.6 Å². The molecule has 40 heavy (non-hydrogen) atoms. The first-order chi connectivity index (χ1) is 19.1. The molecule has 2 aliphatic carbocycles. The molecule has 8 nitrogen and oxygen atoms in total. The van der Waals surface area contributed by atoms with Crippen molar-refractivity contribution in [1.29, 1.82) is 0 Å². The Morgan fingerprint density at radius 1 is 1.02 bits per heavy atom. The van der Waals surface area contributed by atoms with Gasteiger partial charge in [-0.05, 0) is 43.1 Å². The second-order valence-electron chi connectivity index (χ2n) is 13.6. The van der Waals surface area contributed by atoms with E-state index in [-0.39, 0.29) is 34.5 Å². The highest BCUT2D eigenvalue weighted by molar-refractivity contribution is 5.88. The van der Waals surface area contributed by atoms with Crippen molar-refractivity contribution in [2.75, 3.05) is 39.9 Å². The number of ether oxygens (including phenoxy) is 2. The molecule has 4 fully saturated rings. The van der Waals surface area contributed by atoms with E-state index in [9.17, 15) is 14.4 Å². The lowest BCUT2D eigenvalue weighted by atomic mass is 9.70. The molecule has 2 saturated carbocycles. The zero-order valence-corrected chi connectivity index (χ0v) is 24.7. The van der Waals surface area contributed by atoms with Crippen molar-refractivity contribution < 1.29 is 23.9 Å². The summed E-state index contributed by atoms with van der Waals surface area (Å²) in [5.74, 6) is -0.162. The number of rotatable bonds is 10. The lowest BCUT2D eigenvalue weighted by Crippen LogP contribution is -2.65. The summed E-state index contributed by atoms with van der Waals surface area (Å²) in [7, 11) is 1.35. The molecule has 2 heterocycles. The van der Waals surface area contributed by atoms with E-state index in [1.807, 2.05) is 30.0 Å². The predicted octanol–water partition coefficient (Wildman–Crippen LogP) is 3.64. The van der Waals surface area contributed by atoms with Crippen LogP contribution in [0, 0.1) is 28.6 Å². The first-order valence-corrected chi connectivity index (χ1v) is 15.2. The highest BCUT2D eigenvalue weighted by atomic mass is 16.5. The Morgan fingerprint density at radius 3 is 2.33 bits per heavy atom. The lowest BCUT2D eigenvalue weighted by molar-refractivity contribution is -0.155. The van der Waals surface area contributed by atoms with Crippen LogP contribution in [0.2, 0.25) is 0 Å². The van der Waals surface area contributed by atoms with Crippen molar-refractivity contribution >= 4 is 17.8 Å². The molecule has 0 aromatic heterocycles. The van der Waals surface area contributed by atoms with E-state index in [0.29, 0.717) is 32.2 Å². The standard InChI is InChI=1S/C32H47N3O5/c1-22(40-18-24-13-9-6-10-14-24)27(30(38)39-4)33-28(36)26-17-34(16-23-11-7-5-8-12-23)19-32(26)20-35(21-32)29(37)25-15-31(25,2)3/h5,7-8,11-12,22,24-27H,6,9-10,13-21H2,1-4H3,(H,33,36)/t22-,25-,26+,27+/m1/s1. The third-order valence-corrected chi connectivity index (χ3v) is 9.96. The number of esters is 1. The number of methoxy groups -OCH3 is 1. The quantitative estimate of drug-likeness (QED) is 0.445. The van der Waals surface area contributed by atoms with Crippen LogP contribution >= 0.6 is 0 Å². The molecule has 2 saturated heterocycles. The van der Waals surface area contributed by atoms with Crippen LogP contribution in [0.25, 0.3) is 0 Å². The summed E-state index contributed by atoms with van der Waals surface area (Å²) in [5.41, 5.74) is 0.955. The van der Waals surface area contributed by atoms with Gasteiger partial charge in [0.15, 0.2) is 6.04 Å². The fourth-order valence-corrected chi connectivity index (χ4v) is 7.18. The average molecular weight is 554 g/mol. The Hall–Kier alpha value is -2.45. The molecule has 0 bridgehead atoms. The molecule has 0 unspecified atom stereocenters. The number of hydrogen-bond donors (Lipinski definition) is 1. The number of likely N-dealkylation sites (tertiary alicyclic amines) is 2. The minimum atomic E-state index is -0.869. The largest absolute Gasteiger partial charge is 0.467 e. The van der Waals surface area contributed by atoms with Crippen LogP contribution in [0.5, 0.6) is 0 Å². The summed E-state index contributed by atoms with van der Waals surface area (Å²) in [6.07, 6.45) is 6.46. The topological polar surface area (TPSA) is 88.2 Å². The van der Waals surface area contributed by atoms with Crippen LogP contribution in [0.3, 0.4) is 0 Å². The van der Waals surface area contributed by atoms with E-state index in [0.717, 1.165) is 32.4 Å². The van der Waals surface area contributed by atoms with Crippen LogP contribution in [0.15, 0.2) is 30.3 Å². The van der Waals surface area contributed by atoms with Crippen LogP contribution in [-0.4, -0.2) is 79.6 Å². The second-order valence-corrected chi connectivity index (χ2v) is 13.6. The SMILES string of the molecule is COC(=O)[C@@H](NC(=O)[C@@H]1CN(Cc2ccccc2)CC12CN(C(=O)[C@H]1CC1(C)C)C2)[C@@H](C)OCC1CCCCC1. The number of nitrogens with zero attached hydrogens (tertiary/aromatic N) is 2.